The van der Waals surface area contributed by atoms with Crippen LogP contribution in [0.4, 0.5) is 0 Å². The van der Waals surface area contributed by atoms with Crippen LogP contribution in [0.1, 0.15) is 33.3 Å². The summed E-state index contributed by atoms with van der Waals surface area (Å²) in [5.41, 5.74) is 1.20. The second-order valence-electron chi connectivity index (χ2n) is 8.49. The SMILES string of the molecule is CC(C)N(C(=O)CSc1nnc(-c2nn(Cc3ccccc3)c(=O)c3ccccc23)o1)C(C)C. The minimum Gasteiger partial charge on any atom is -0.409 e. The molecule has 4 aromatic rings. The normalized spacial score (nSPS) is 11.5. The van der Waals surface area contributed by atoms with Crippen molar-refractivity contribution in [2.24, 2.45) is 0 Å². The van der Waals surface area contributed by atoms with Gasteiger partial charge in [-0.25, -0.2) is 4.68 Å². The van der Waals surface area contributed by atoms with Crippen LogP contribution in [0.3, 0.4) is 0 Å². The highest BCUT2D eigenvalue weighted by Crippen LogP contribution is 2.27. The number of carbonyl (C=O) groups excluding carboxylic acids is 1. The van der Waals surface area contributed by atoms with E-state index in [1.54, 1.807) is 6.07 Å². The van der Waals surface area contributed by atoms with E-state index in [0.717, 1.165) is 5.56 Å². The molecule has 0 aliphatic carbocycles. The summed E-state index contributed by atoms with van der Waals surface area (Å²) < 4.78 is 7.28. The maximum atomic E-state index is 13.1. The van der Waals surface area contributed by atoms with Crippen molar-refractivity contribution in [3.05, 3.63) is 70.5 Å². The Labute approximate surface area is 202 Å². The van der Waals surface area contributed by atoms with Gasteiger partial charge in [-0.3, -0.25) is 9.59 Å². The third-order valence-electron chi connectivity index (χ3n) is 5.37. The number of fused-ring (bicyclic) bond motifs is 1. The smallest absolute Gasteiger partial charge is 0.277 e. The van der Waals surface area contributed by atoms with Gasteiger partial charge >= 0.3 is 0 Å². The molecule has 2 heterocycles. The Morgan fingerprint density at radius 3 is 2.29 bits per heavy atom. The molecule has 0 saturated carbocycles. The first-order chi connectivity index (χ1) is 16.3. The average molecular weight is 478 g/mol. The highest BCUT2D eigenvalue weighted by Gasteiger charge is 2.22. The number of aromatic nitrogens is 4. The molecule has 0 aliphatic heterocycles. The van der Waals surface area contributed by atoms with E-state index < -0.39 is 0 Å². The van der Waals surface area contributed by atoms with E-state index in [-0.39, 0.29) is 40.4 Å². The van der Waals surface area contributed by atoms with Gasteiger partial charge in [0.2, 0.25) is 5.91 Å². The Bertz CT molecular complexity index is 1340. The molecule has 1 amide bonds. The second-order valence-corrected chi connectivity index (χ2v) is 9.42. The fourth-order valence-electron chi connectivity index (χ4n) is 3.99. The Morgan fingerprint density at radius 1 is 0.971 bits per heavy atom. The fraction of sp³-hybridized carbons (Fsp3) is 0.320. The van der Waals surface area contributed by atoms with E-state index >= 15 is 0 Å². The number of amides is 1. The number of benzene rings is 2. The Morgan fingerprint density at radius 2 is 1.62 bits per heavy atom. The molecule has 0 aliphatic rings. The van der Waals surface area contributed by atoms with Gasteiger partial charge < -0.3 is 9.32 Å². The van der Waals surface area contributed by atoms with Crippen molar-refractivity contribution in [1.29, 1.82) is 0 Å². The number of rotatable bonds is 8. The summed E-state index contributed by atoms with van der Waals surface area (Å²) in [5, 5.41) is 14.3. The van der Waals surface area contributed by atoms with Crippen LogP contribution in [-0.2, 0) is 11.3 Å². The van der Waals surface area contributed by atoms with Gasteiger partial charge in [0.15, 0.2) is 5.69 Å². The lowest BCUT2D eigenvalue weighted by atomic mass is 10.1. The molecule has 0 fully saturated rings. The summed E-state index contributed by atoms with van der Waals surface area (Å²) in [7, 11) is 0. The van der Waals surface area contributed by atoms with Crippen LogP contribution >= 0.6 is 11.8 Å². The van der Waals surface area contributed by atoms with Crippen LogP contribution in [-0.4, -0.2) is 48.6 Å². The van der Waals surface area contributed by atoms with Gasteiger partial charge in [-0.1, -0.05) is 60.3 Å². The molecule has 2 aromatic heterocycles. The van der Waals surface area contributed by atoms with Crippen LogP contribution < -0.4 is 5.56 Å². The molecule has 0 bridgehead atoms. The van der Waals surface area contributed by atoms with Gasteiger partial charge in [-0.15, -0.1) is 10.2 Å². The summed E-state index contributed by atoms with van der Waals surface area (Å²) in [4.78, 5) is 27.6. The number of thioether (sulfide) groups is 1. The van der Waals surface area contributed by atoms with Crippen molar-refractivity contribution in [2.75, 3.05) is 5.75 Å². The highest BCUT2D eigenvalue weighted by molar-refractivity contribution is 7.99. The lowest BCUT2D eigenvalue weighted by Gasteiger charge is -2.30. The molecule has 176 valence electrons. The first kappa shape index (κ1) is 23.7. The first-order valence-corrected chi connectivity index (χ1v) is 12.2. The number of nitrogens with zero attached hydrogens (tertiary/aromatic N) is 5. The van der Waals surface area contributed by atoms with Crippen molar-refractivity contribution >= 4 is 28.4 Å². The monoisotopic (exact) mass is 477 g/mol. The van der Waals surface area contributed by atoms with E-state index in [0.29, 0.717) is 23.0 Å². The third kappa shape index (κ3) is 5.04. The van der Waals surface area contributed by atoms with Gasteiger partial charge in [0.05, 0.1) is 17.7 Å². The Balaban J connectivity index is 1.63. The molecular weight excluding hydrogens is 450 g/mol. The zero-order valence-corrected chi connectivity index (χ0v) is 20.5. The van der Waals surface area contributed by atoms with Crippen molar-refractivity contribution in [1.82, 2.24) is 24.9 Å². The van der Waals surface area contributed by atoms with E-state index in [4.69, 9.17) is 4.42 Å². The molecule has 4 rings (SSSR count). The second kappa shape index (κ2) is 10.2. The van der Waals surface area contributed by atoms with E-state index in [2.05, 4.69) is 15.3 Å². The van der Waals surface area contributed by atoms with Crippen LogP contribution in [0.15, 0.2) is 69.0 Å². The van der Waals surface area contributed by atoms with Crippen LogP contribution in [0.5, 0.6) is 0 Å². The molecule has 34 heavy (non-hydrogen) atoms. The summed E-state index contributed by atoms with van der Waals surface area (Å²) in [6, 6.07) is 17.1. The van der Waals surface area contributed by atoms with Crippen LogP contribution in [0.25, 0.3) is 22.4 Å². The van der Waals surface area contributed by atoms with E-state index in [1.165, 1.54) is 16.4 Å². The van der Waals surface area contributed by atoms with Gasteiger partial charge in [-0.2, -0.15) is 5.10 Å². The van der Waals surface area contributed by atoms with Crippen molar-refractivity contribution in [3.63, 3.8) is 0 Å². The average Bonchev–Trinajstić information content (AvgIpc) is 3.29. The molecule has 8 nitrogen and oxygen atoms in total. The Hall–Kier alpha value is -3.46. The molecule has 0 radical (unpaired) electrons. The van der Waals surface area contributed by atoms with Crippen molar-refractivity contribution in [2.45, 2.75) is 51.5 Å². The number of carbonyl (C=O) groups is 1. The molecule has 2 aromatic carbocycles. The summed E-state index contributed by atoms with van der Waals surface area (Å²) >= 11 is 1.19. The molecule has 0 atom stereocenters. The van der Waals surface area contributed by atoms with E-state index in [9.17, 15) is 9.59 Å². The molecule has 0 unspecified atom stereocenters. The number of hydrogen-bond donors (Lipinski definition) is 0. The Kier molecular flexibility index (Phi) is 7.12. The standard InChI is InChI=1S/C25H27N5O3S/c1-16(2)30(17(3)4)21(31)15-34-25-27-26-23(33-25)22-19-12-8-9-13-20(19)24(32)29(28-22)14-18-10-6-5-7-11-18/h5-13,16-17H,14-15H2,1-4H3. The molecule has 0 spiro atoms. The fourth-order valence-corrected chi connectivity index (χ4v) is 4.62. The van der Waals surface area contributed by atoms with Crippen molar-refractivity contribution < 1.29 is 9.21 Å². The van der Waals surface area contributed by atoms with Crippen LogP contribution in [0.2, 0.25) is 0 Å². The predicted octanol–water partition coefficient (Wildman–Crippen LogP) is 4.23. The van der Waals surface area contributed by atoms with E-state index in [1.807, 2.05) is 81.1 Å². The minimum absolute atomic E-state index is 0.00901. The summed E-state index contributed by atoms with van der Waals surface area (Å²) in [5.74, 6) is 0.409. The maximum absolute atomic E-state index is 13.1. The quantitative estimate of drug-likeness (QED) is 0.351. The molecule has 9 heteroatoms. The topological polar surface area (TPSA) is 94.1 Å². The van der Waals surface area contributed by atoms with Crippen molar-refractivity contribution in [3.8, 4) is 11.6 Å². The lowest BCUT2D eigenvalue weighted by molar-refractivity contribution is -0.131. The van der Waals surface area contributed by atoms with Gasteiger partial charge in [-0.05, 0) is 39.3 Å². The first-order valence-electron chi connectivity index (χ1n) is 11.2. The summed E-state index contributed by atoms with van der Waals surface area (Å²) in [6.45, 7) is 8.30. The zero-order chi connectivity index (χ0) is 24.2. The number of hydrogen-bond acceptors (Lipinski definition) is 7. The highest BCUT2D eigenvalue weighted by atomic mass is 32.2. The zero-order valence-electron chi connectivity index (χ0n) is 19.6. The largest absolute Gasteiger partial charge is 0.409 e. The lowest BCUT2D eigenvalue weighted by Crippen LogP contribution is -2.43. The summed E-state index contributed by atoms with van der Waals surface area (Å²) in [6.07, 6.45) is 0. The molecule has 0 N–H and O–H groups in total. The molecule has 0 saturated heterocycles. The predicted molar refractivity (Wildman–Crippen MR) is 133 cm³/mol. The molecular formula is C25H27N5O3S. The van der Waals surface area contributed by atoms with Crippen LogP contribution in [0, 0.1) is 0 Å². The van der Waals surface area contributed by atoms with Gasteiger partial charge in [0.25, 0.3) is 16.7 Å². The maximum Gasteiger partial charge on any atom is 0.277 e. The third-order valence-corrected chi connectivity index (χ3v) is 6.17. The van der Waals surface area contributed by atoms with Gasteiger partial charge in [0, 0.05) is 17.5 Å². The van der Waals surface area contributed by atoms with Gasteiger partial charge in [0.1, 0.15) is 0 Å². The minimum atomic E-state index is -0.189.